The molecule has 1 atom stereocenters. The number of carbonyl (C=O) groups excluding carboxylic acids is 2. The molecule has 0 aromatic heterocycles. The number of amides is 2. The van der Waals surface area contributed by atoms with Crippen LogP contribution in [0.4, 0.5) is 16.2 Å². The normalized spacial score (nSPS) is 16.0. The van der Waals surface area contributed by atoms with Gasteiger partial charge in [0.15, 0.2) is 0 Å². The molecule has 0 aliphatic carbocycles. The SMILES string of the molecule is CC(C)(C)OC(=O)N1c2ccccc2C[C@H]1C(=O)NNc1ccccc1. The van der Waals surface area contributed by atoms with Crippen LogP contribution in [0.25, 0.3) is 0 Å². The Kier molecular flexibility index (Phi) is 4.84. The molecule has 1 aliphatic heterocycles. The Morgan fingerprint density at radius 2 is 1.69 bits per heavy atom. The van der Waals surface area contributed by atoms with E-state index in [1.807, 2.05) is 54.6 Å². The van der Waals surface area contributed by atoms with Crippen molar-refractivity contribution >= 4 is 23.4 Å². The van der Waals surface area contributed by atoms with Crippen molar-refractivity contribution in [1.82, 2.24) is 5.43 Å². The molecule has 2 aromatic carbocycles. The highest BCUT2D eigenvalue weighted by Crippen LogP contribution is 2.33. The number of rotatable bonds is 3. The summed E-state index contributed by atoms with van der Waals surface area (Å²) in [6, 6.07) is 16.1. The topological polar surface area (TPSA) is 70.7 Å². The molecular weight excluding hydrogens is 330 g/mol. The molecule has 2 aromatic rings. The van der Waals surface area contributed by atoms with Crippen molar-refractivity contribution in [2.45, 2.75) is 38.8 Å². The molecule has 6 nitrogen and oxygen atoms in total. The molecule has 0 spiro atoms. The van der Waals surface area contributed by atoms with Gasteiger partial charge >= 0.3 is 6.09 Å². The van der Waals surface area contributed by atoms with Crippen molar-refractivity contribution < 1.29 is 14.3 Å². The van der Waals surface area contributed by atoms with Gasteiger partial charge in [0, 0.05) is 6.42 Å². The molecule has 2 N–H and O–H groups in total. The Hall–Kier alpha value is -3.02. The average molecular weight is 353 g/mol. The lowest BCUT2D eigenvalue weighted by Crippen LogP contribution is -2.50. The fourth-order valence-electron chi connectivity index (χ4n) is 2.87. The molecule has 1 aliphatic rings. The van der Waals surface area contributed by atoms with E-state index >= 15 is 0 Å². The van der Waals surface area contributed by atoms with Crippen LogP contribution in [0.5, 0.6) is 0 Å². The summed E-state index contributed by atoms with van der Waals surface area (Å²) in [6.45, 7) is 5.41. The summed E-state index contributed by atoms with van der Waals surface area (Å²) in [7, 11) is 0. The van der Waals surface area contributed by atoms with Crippen LogP contribution in [0.3, 0.4) is 0 Å². The summed E-state index contributed by atoms with van der Waals surface area (Å²) in [5.41, 5.74) is 7.34. The number of benzene rings is 2. The van der Waals surface area contributed by atoms with Crippen molar-refractivity contribution in [1.29, 1.82) is 0 Å². The van der Waals surface area contributed by atoms with Gasteiger partial charge in [0.1, 0.15) is 11.6 Å². The lowest BCUT2D eigenvalue weighted by atomic mass is 10.1. The van der Waals surface area contributed by atoms with Crippen molar-refractivity contribution in [3.05, 3.63) is 60.2 Å². The van der Waals surface area contributed by atoms with Gasteiger partial charge in [0.05, 0.1) is 11.4 Å². The van der Waals surface area contributed by atoms with Crippen molar-refractivity contribution in [2.75, 3.05) is 10.3 Å². The van der Waals surface area contributed by atoms with Crippen molar-refractivity contribution in [2.24, 2.45) is 0 Å². The standard InChI is InChI=1S/C20H23N3O3/c1-20(2,3)26-19(25)23-16-12-8-7-9-14(16)13-17(23)18(24)22-21-15-10-5-4-6-11-15/h4-12,17,21H,13H2,1-3H3,(H,22,24)/t17-/m0/s1. The average Bonchev–Trinajstić information content (AvgIpc) is 2.99. The van der Waals surface area contributed by atoms with Gasteiger partial charge < -0.3 is 4.74 Å². The number of carbonyl (C=O) groups is 2. The number of para-hydroxylation sites is 2. The predicted octanol–water partition coefficient (Wildman–Crippen LogP) is 3.50. The molecule has 1 heterocycles. The van der Waals surface area contributed by atoms with Crippen molar-refractivity contribution in [3.63, 3.8) is 0 Å². The minimum absolute atomic E-state index is 0.295. The summed E-state index contributed by atoms with van der Waals surface area (Å²) >= 11 is 0. The Morgan fingerprint density at radius 1 is 1.04 bits per heavy atom. The number of nitrogens with zero attached hydrogens (tertiary/aromatic N) is 1. The van der Waals surface area contributed by atoms with E-state index < -0.39 is 17.7 Å². The molecule has 2 amide bonds. The molecule has 26 heavy (non-hydrogen) atoms. The third kappa shape index (κ3) is 3.96. The highest BCUT2D eigenvalue weighted by atomic mass is 16.6. The third-order valence-electron chi connectivity index (χ3n) is 3.97. The maximum atomic E-state index is 12.7. The predicted molar refractivity (Wildman–Crippen MR) is 101 cm³/mol. The molecule has 3 rings (SSSR count). The van der Waals surface area contributed by atoms with Crippen LogP contribution < -0.4 is 15.8 Å². The number of fused-ring (bicyclic) bond motifs is 1. The van der Waals surface area contributed by atoms with Gasteiger partial charge in [-0.25, -0.2) is 4.79 Å². The molecule has 136 valence electrons. The number of ether oxygens (including phenoxy) is 1. The van der Waals surface area contributed by atoms with Crippen LogP contribution in [-0.4, -0.2) is 23.6 Å². The number of anilines is 2. The second kappa shape index (κ2) is 7.07. The second-order valence-electron chi connectivity index (χ2n) is 7.18. The fraction of sp³-hybridized carbons (Fsp3) is 0.300. The smallest absolute Gasteiger partial charge is 0.415 e. The molecule has 0 unspecified atom stereocenters. The van der Waals surface area contributed by atoms with Gasteiger partial charge in [-0.1, -0.05) is 36.4 Å². The zero-order valence-corrected chi connectivity index (χ0v) is 15.2. The van der Waals surface area contributed by atoms with Crippen LogP contribution >= 0.6 is 0 Å². The van der Waals surface area contributed by atoms with E-state index in [9.17, 15) is 9.59 Å². The number of hydrogen-bond acceptors (Lipinski definition) is 4. The molecule has 0 saturated heterocycles. The van der Waals surface area contributed by atoms with Gasteiger partial charge in [-0.2, -0.15) is 0 Å². The van der Waals surface area contributed by atoms with Crippen LogP contribution in [0.2, 0.25) is 0 Å². The first kappa shape index (κ1) is 17.8. The minimum atomic E-state index is -0.668. The quantitative estimate of drug-likeness (QED) is 0.829. The zero-order chi connectivity index (χ0) is 18.7. The van der Waals surface area contributed by atoms with E-state index in [1.165, 1.54) is 4.90 Å². The summed E-state index contributed by atoms with van der Waals surface area (Å²) in [6.07, 6.45) is -0.0835. The van der Waals surface area contributed by atoms with Crippen molar-refractivity contribution in [3.8, 4) is 0 Å². The number of nitrogens with one attached hydrogen (secondary N) is 2. The van der Waals surface area contributed by atoms with E-state index in [-0.39, 0.29) is 5.91 Å². The van der Waals surface area contributed by atoms with Crippen LogP contribution in [0.15, 0.2) is 54.6 Å². The summed E-state index contributed by atoms with van der Waals surface area (Å²) in [5, 5.41) is 0. The van der Waals surface area contributed by atoms with Crippen LogP contribution in [0, 0.1) is 0 Å². The highest BCUT2D eigenvalue weighted by molar-refractivity contribution is 6.00. The second-order valence-corrected chi connectivity index (χ2v) is 7.18. The largest absolute Gasteiger partial charge is 0.443 e. The van der Waals surface area contributed by atoms with Gasteiger partial charge in [0.2, 0.25) is 0 Å². The molecule has 0 fully saturated rings. The van der Waals surface area contributed by atoms with Gasteiger partial charge in [-0.05, 0) is 44.5 Å². The van der Waals surface area contributed by atoms with E-state index in [2.05, 4.69) is 10.9 Å². The maximum absolute atomic E-state index is 12.7. The highest BCUT2D eigenvalue weighted by Gasteiger charge is 2.40. The summed E-state index contributed by atoms with van der Waals surface area (Å²) < 4.78 is 5.51. The van der Waals surface area contributed by atoms with Crippen LogP contribution in [-0.2, 0) is 16.0 Å². The van der Waals surface area contributed by atoms with Gasteiger partial charge in [0.25, 0.3) is 5.91 Å². The first-order chi connectivity index (χ1) is 12.3. The Balaban J connectivity index is 1.78. The number of hydrazine groups is 1. The lowest BCUT2D eigenvalue weighted by Gasteiger charge is -2.28. The third-order valence-corrected chi connectivity index (χ3v) is 3.97. The number of hydrogen-bond donors (Lipinski definition) is 2. The lowest BCUT2D eigenvalue weighted by molar-refractivity contribution is -0.121. The molecule has 0 radical (unpaired) electrons. The minimum Gasteiger partial charge on any atom is -0.443 e. The van der Waals surface area contributed by atoms with E-state index in [0.717, 1.165) is 11.3 Å². The summed E-state index contributed by atoms with van der Waals surface area (Å²) in [4.78, 5) is 26.9. The Labute approximate surface area is 153 Å². The first-order valence-electron chi connectivity index (χ1n) is 8.56. The first-order valence-corrected chi connectivity index (χ1v) is 8.56. The van der Waals surface area contributed by atoms with E-state index in [0.29, 0.717) is 12.1 Å². The van der Waals surface area contributed by atoms with Gasteiger partial charge in [-0.15, -0.1) is 0 Å². The monoisotopic (exact) mass is 353 g/mol. The molecular formula is C20H23N3O3. The molecule has 6 heteroatoms. The fourth-order valence-corrected chi connectivity index (χ4v) is 2.87. The Morgan fingerprint density at radius 3 is 2.38 bits per heavy atom. The zero-order valence-electron chi connectivity index (χ0n) is 15.2. The van der Waals surface area contributed by atoms with Crippen LogP contribution in [0.1, 0.15) is 26.3 Å². The van der Waals surface area contributed by atoms with E-state index in [1.54, 1.807) is 20.8 Å². The molecule has 0 saturated carbocycles. The summed E-state index contributed by atoms with van der Waals surface area (Å²) in [5.74, 6) is -0.295. The van der Waals surface area contributed by atoms with E-state index in [4.69, 9.17) is 4.74 Å². The Bertz CT molecular complexity index is 799. The maximum Gasteiger partial charge on any atom is 0.415 e. The molecule has 0 bridgehead atoms. The van der Waals surface area contributed by atoms with Gasteiger partial charge in [-0.3, -0.25) is 20.5 Å².